The molecule has 11 nitrogen and oxygen atoms in total. The van der Waals surface area contributed by atoms with Crippen LogP contribution in [0.2, 0.25) is 0 Å². The summed E-state index contributed by atoms with van der Waals surface area (Å²) < 4.78 is 22.9. The van der Waals surface area contributed by atoms with E-state index >= 15 is 0 Å². The number of fused-ring (bicyclic) bond motifs is 4. The van der Waals surface area contributed by atoms with Gasteiger partial charge in [-0.05, 0) is 47.0 Å². The number of methoxy groups -OCH3 is 1. The number of aliphatic hydroxyl groups is 3. The van der Waals surface area contributed by atoms with Gasteiger partial charge in [-0.2, -0.15) is 0 Å². The normalized spacial score (nSPS) is 21.0. The molecule has 0 fully saturated rings. The van der Waals surface area contributed by atoms with E-state index in [0.717, 1.165) is 11.1 Å². The van der Waals surface area contributed by atoms with Crippen molar-refractivity contribution in [3.05, 3.63) is 94.6 Å². The second-order valence-corrected chi connectivity index (χ2v) is 10.9. The van der Waals surface area contributed by atoms with E-state index in [2.05, 4.69) is 5.32 Å². The van der Waals surface area contributed by atoms with Gasteiger partial charge >= 0.3 is 0 Å². The van der Waals surface area contributed by atoms with E-state index < -0.39 is 30.1 Å². The largest absolute Gasteiger partial charge is 0.493 e. The standard InChI is InChI=1S/C33H34N2O9/c1-41-27-13-21(17-37)11-22-29-23(33(40)34-9-10-36)15-24(30(39)32(29)44-31(22)27)35(28(38)14-19-5-3-2-4-6-19)16-20-7-8-25-26(12-20)43-18-42-25/h2-8,11-13,15,24,29-30,32,36-37,39H,9-10,14,16-18H2,1H3,(H,34,40). The molecule has 44 heavy (non-hydrogen) atoms. The maximum absolute atomic E-state index is 14.0. The monoisotopic (exact) mass is 602 g/mol. The molecule has 4 N–H and O–H groups in total. The first-order chi connectivity index (χ1) is 21.4. The van der Waals surface area contributed by atoms with Gasteiger partial charge in [0, 0.05) is 24.2 Å². The van der Waals surface area contributed by atoms with Gasteiger partial charge in [0.2, 0.25) is 18.6 Å². The summed E-state index contributed by atoms with van der Waals surface area (Å²) >= 11 is 0. The zero-order valence-electron chi connectivity index (χ0n) is 24.1. The molecule has 3 aliphatic rings. The molecule has 4 atom stereocenters. The van der Waals surface area contributed by atoms with Crippen LogP contribution in [-0.2, 0) is 29.2 Å². The first kappa shape index (κ1) is 29.5. The van der Waals surface area contributed by atoms with Gasteiger partial charge < -0.3 is 44.5 Å². The molecule has 6 rings (SSSR count). The number of amides is 2. The SMILES string of the molecule is COc1cc(CO)cc2c1OC1C2C(C(=O)NCCO)=CC(N(Cc2ccc3c(c2)OCO3)C(=O)Cc2ccccc2)C1O. The summed E-state index contributed by atoms with van der Waals surface area (Å²) in [6.07, 6.45) is -0.498. The Morgan fingerprint density at radius 1 is 1.00 bits per heavy atom. The van der Waals surface area contributed by atoms with Crippen molar-refractivity contribution >= 4 is 11.8 Å². The van der Waals surface area contributed by atoms with Crippen molar-refractivity contribution in [3.63, 3.8) is 0 Å². The highest BCUT2D eigenvalue weighted by Gasteiger charge is 2.51. The van der Waals surface area contributed by atoms with Crippen LogP contribution < -0.4 is 24.3 Å². The summed E-state index contributed by atoms with van der Waals surface area (Å²) in [5.74, 6) is 0.436. The highest BCUT2D eigenvalue weighted by Crippen LogP contribution is 2.51. The molecule has 0 bridgehead atoms. The van der Waals surface area contributed by atoms with Gasteiger partial charge in [-0.3, -0.25) is 9.59 Å². The molecule has 11 heteroatoms. The second kappa shape index (κ2) is 12.6. The Bertz CT molecular complexity index is 1570. The summed E-state index contributed by atoms with van der Waals surface area (Å²) in [7, 11) is 1.47. The van der Waals surface area contributed by atoms with Crippen LogP contribution in [0.3, 0.4) is 0 Å². The minimum atomic E-state index is -1.24. The maximum Gasteiger partial charge on any atom is 0.247 e. The summed E-state index contributed by atoms with van der Waals surface area (Å²) in [6, 6.07) is 17.1. The maximum atomic E-state index is 14.0. The summed E-state index contributed by atoms with van der Waals surface area (Å²) in [5.41, 5.74) is 2.96. The fourth-order valence-corrected chi connectivity index (χ4v) is 6.09. The number of nitrogens with one attached hydrogen (secondary N) is 1. The quantitative estimate of drug-likeness (QED) is 0.273. The Kier molecular flexibility index (Phi) is 8.42. The van der Waals surface area contributed by atoms with Crippen molar-refractivity contribution in [1.82, 2.24) is 10.2 Å². The number of hydrogen-bond donors (Lipinski definition) is 4. The van der Waals surface area contributed by atoms with Gasteiger partial charge in [0.1, 0.15) is 12.2 Å². The van der Waals surface area contributed by atoms with Crippen molar-refractivity contribution < 1.29 is 43.9 Å². The Balaban J connectivity index is 1.42. The predicted octanol–water partition coefficient (Wildman–Crippen LogP) is 1.81. The molecule has 0 aromatic heterocycles. The van der Waals surface area contributed by atoms with E-state index in [1.54, 1.807) is 35.2 Å². The van der Waals surface area contributed by atoms with E-state index in [1.165, 1.54) is 7.11 Å². The average Bonchev–Trinajstić information content (AvgIpc) is 3.68. The first-order valence-electron chi connectivity index (χ1n) is 14.4. The van der Waals surface area contributed by atoms with Crippen LogP contribution in [0.25, 0.3) is 0 Å². The molecule has 0 radical (unpaired) electrons. The Morgan fingerprint density at radius 2 is 1.80 bits per heavy atom. The number of benzene rings is 3. The molecule has 3 aromatic carbocycles. The topological polar surface area (TPSA) is 147 Å². The number of aliphatic hydroxyl groups excluding tert-OH is 3. The third-order valence-electron chi connectivity index (χ3n) is 8.16. The molecule has 0 saturated heterocycles. The van der Waals surface area contributed by atoms with Gasteiger partial charge in [-0.15, -0.1) is 0 Å². The molecule has 0 spiro atoms. The molecular weight excluding hydrogens is 568 g/mol. The minimum absolute atomic E-state index is 0.0162. The van der Waals surface area contributed by atoms with E-state index in [-0.39, 0.29) is 51.0 Å². The molecule has 2 aliphatic heterocycles. The van der Waals surface area contributed by atoms with Crippen LogP contribution in [0.5, 0.6) is 23.0 Å². The molecule has 230 valence electrons. The molecule has 2 heterocycles. The van der Waals surface area contributed by atoms with Crippen molar-refractivity contribution in [1.29, 1.82) is 0 Å². The number of ether oxygens (including phenoxy) is 4. The van der Waals surface area contributed by atoms with Crippen LogP contribution in [0.1, 0.15) is 28.2 Å². The highest BCUT2D eigenvalue weighted by atomic mass is 16.7. The zero-order chi connectivity index (χ0) is 30.8. The van der Waals surface area contributed by atoms with Crippen LogP contribution in [-0.4, -0.2) is 77.3 Å². The summed E-state index contributed by atoms with van der Waals surface area (Å²) in [4.78, 5) is 29.2. The smallest absolute Gasteiger partial charge is 0.247 e. The van der Waals surface area contributed by atoms with Gasteiger partial charge in [0.05, 0.1) is 38.7 Å². The van der Waals surface area contributed by atoms with Crippen molar-refractivity contribution in [3.8, 4) is 23.0 Å². The van der Waals surface area contributed by atoms with Crippen LogP contribution in [0.15, 0.2) is 72.3 Å². The number of nitrogens with zero attached hydrogens (tertiary/aromatic N) is 1. The average molecular weight is 603 g/mol. The lowest BCUT2D eigenvalue weighted by molar-refractivity contribution is -0.137. The lowest BCUT2D eigenvalue weighted by Gasteiger charge is -2.41. The predicted molar refractivity (Wildman–Crippen MR) is 157 cm³/mol. The Hall–Kier alpha value is -4.58. The number of hydrogen-bond acceptors (Lipinski definition) is 9. The van der Waals surface area contributed by atoms with Gasteiger partial charge in [-0.25, -0.2) is 0 Å². The third kappa shape index (κ3) is 5.57. The molecule has 4 unspecified atom stereocenters. The van der Waals surface area contributed by atoms with E-state index in [9.17, 15) is 24.9 Å². The van der Waals surface area contributed by atoms with Crippen molar-refractivity contribution in [2.45, 2.75) is 43.7 Å². The lowest BCUT2D eigenvalue weighted by Crippen LogP contribution is -2.55. The minimum Gasteiger partial charge on any atom is -0.493 e. The third-order valence-corrected chi connectivity index (χ3v) is 8.16. The van der Waals surface area contributed by atoms with Crippen LogP contribution in [0, 0.1) is 0 Å². The molecule has 3 aromatic rings. The second-order valence-electron chi connectivity index (χ2n) is 10.9. The molecule has 0 saturated carbocycles. The zero-order valence-corrected chi connectivity index (χ0v) is 24.1. The highest BCUT2D eigenvalue weighted by molar-refractivity contribution is 5.96. The molecule has 1 aliphatic carbocycles. The number of rotatable bonds is 10. The Morgan fingerprint density at radius 3 is 2.55 bits per heavy atom. The number of carbonyl (C=O) groups excluding carboxylic acids is 2. The number of carbonyl (C=O) groups is 2. The van der Waals surface area contributed by atoms with Crippen LogP contribution >= 0.6 is 0 Å². The fourth-order valence-electron chi connectivity index (χ4n) is 6.09. The van der Waals surface area contributed by atoms with E-state index in [0.29, 0.717) is 34.1 Å². The fraction of sp³-hybridized carbons (Fsp3) is 0.333. The van der Waals surface area contributed by atoms with E-state index in [1.807, 2.05) is 36.4 Å². The van der Waals surface area contributed by atoms with Crippen LogP contribution in [0.4, 0.5) is 0 Å². The molecule has 2 amide bonds. The van der Waals surface area contributed by atoms with Gasteiger partial charge in [0.25, 0.3) is 0 Å². The lowest BCUT2D eigenvalue weighted by atomic mass is 9.77. The van der Waals surface area contributed by atoms with Gasteiger partial charge in [-0.1, -0.05) is 36.4 Å². The van der Waals surface area contributed by atoms with Gasteiger partial charge in [0.15, 0.2) is 23.0 Å². The van der Waals surface area contributed by atoms with E-state index in [4.69, 9.17) is 18.9 Å². The first-order valence-corrected chi connectivity index (χ1v) is 14.4. The molecular formula is C33H34N2O9. The summed E-state index contributed by atoms with van der Waals surface area (Å²) in [6.45, 7) is -0.301. The van der Waals surface area contributed by atoms with Crippen molar-refractivity contribution in [2.75, 3.05) is 27.1 Å². The summed E-state index contributed by atoms with van der Waals surface area (Å²) in [5, 5.41) is 33.9. The Labute approximate surface area is 254 Å². The van der Waals surface area contributed by atoms with Crippen molar-refractivity contribution in [2.24, 2.45) is 0 Å².